The van der Waals surface area contributed by atoms with Crippen molar-refractivity contribution in [1.29, 1.82) is 0 Å². The Kier molecular flexibility index (Phi) is 4.46. The summed E-state index contributed by atoms with van der Waals surface area (Å²) in [5, 5.41) is 0. The highest BCUT2D eigenvalue weighted by molar-refractivity contribution is 7.94. The minimum absolute atomic E-state index is 0.100. The predicted octanol–water partition coefficient (Wildman–Crippen LogP) is 2.35. The van der Waals surface area contributed by atoms with Crippen molar-refractivity contribution in [2.75, 3.05) is 18.4 Å². The summed E-state index contributed by atoms with van der Waals surface area (Å²) in [5.74, 6) is 0.969. The van der Waals surface area contributed by atoms with Gasteiger partial charge in [-0.05, 0) is 42.7 Å². The Morgan fingerprint density at radius 3 is 2.55 bits per heavy atom. The van der Waals surface area contributed by atoms with Crippen LogP contribution in [0.5, 0.6) is 11.6 Å². The molecule has 1 aromatic heterocycles. The lowest BCUT2D eigenvalue weighted by molar-refractivity contribution is 0.340. The molecular weight excluding hydrogens is 300 g/mol. The fourth-order valence-corrected chi connectivity index (χ4v) is 3.35. The zero-order valence-electron chi connectivity index (χ0n) is 11.0. The summed E-state index contributed by atoms with van der Waals surface area (Å²) in [5.41, 5.74) is 0.459. The van der Waals surface area contributed by atoms with E-state index in [1.165, 1.54) is 13.2 Å². The molecule has 0 bridgehead atoms. The number of ether oxygens (including phenoxy) is 2. The van der Waals surface area contributed by atoms with E-state index in [0.29, 0.717) is 18.0 Å². The molecule has 20 heavy (non-hydrogen) atoms. The average molecular weight is 314 g/mol. The van der Waals surface area contributed by atoms with Crippen LogP contribution in [0.15, 0.2) is 34.5 Å². The first kappa shape index (κ1) is 14.6. The van der Waals surface area contributed by atoms with Crippen LogP contribution >= 0.6 is 11.5 Å². The number of rotatable bonds is 6. The van der Waals surface area contributed by atoms with E-state index in [-0.39, 0.29) is 10.1 Å². The molecule has 0 spiro atoms. The number of benzene rings is 1. The van der Waals surface area contributed by atoms with Gasteiger partial charge in [0.25, 0.3) is 10.0 Å². The van der Waals surface area contributed by atoms with E-state index in [1.807, 2.05) is 6.92 Å². The van der Waals surface area contributed by atoms with E-state index < -0.39 is 10.0 Å². The number of anilines is 1. The van der Waals surface area contributed by atoms with Crippen LogP contribution in [0.4, 0.5) is 5.69 Å². The van der Waals surface area contributed by atoms with Crippen molar-refractivity contribution in [3.63, 3.8) is 0 Å². The number of aromatic nitrogens is 1. The van der Waals surface area contributed by atoms with Crippen molar-refractivity contribution in [3.05, 3.63) is 30.3 Å². The Bertz CT molecular complexity index is 665. The molecule has 0 fully saturated rings. The smallest absolute Gasteiger partial charge is 0.273 e. The van der Waals surface area contributed by atoms with Crippen LogP contribution in [0.1, 0.15) is 6.92 Å². The second-order valence-corrected chi connectivity index (χ2v) is 6.47. The lowest BCUT2D eigenvalue weighted by atomic mass is 10.3. The number of methoxy groups -OCH3 is 1. The number of sulfonamides is 1. The predicted molar refractivity (Wildman–Crippen MR) is 77.1 cm³/mol. The van der Waals surface area contributed by atoms with Gasteiger partial charge in [-0.2, -0.15) is 4.37 Å². The molecule has 1 N–H and O–H groups in total. The highest BCUT2D eigenvalue weighted by Gasteiger charge is 2.18. The molecule has 2 rings (SSSR count). The standard InChI is InChI=1S/C12H14N2O4S2/c1-3-18-10-6-4-9(5-7-10)14-20(15,16)12-8-11(17-2)13-19-12/h4-8,14H,3H2,1-2H3. The summed E-state index contributed by atoms with van der Waals surface area (Å²) in [4.78, 5) is 0. The molecule has 108 valence electrons. The summed E-state index contributed by atoms with van der Waals surface area (Å²) < 4.78 is 40.8. The van der Waals surface area contributed by atoms with E-state index in [1.54, 1.807) is 24.3 Å². The first-order valence-electron chi connectivity index (χ1n) is 5.81. The van der Waals surface area contributed by atoms with Crippen LogP contribution in [-0.2, 0) is 10.0 Å². The average Bonchev–Trinajstić information content (AvgIpc) is 2.91. The van der Waals surface area contributed by atoms with Crippen molar-refractivity contribution < 1.29 is 17.9 Å². The third-order valence-corrected chi connectivity index (χ3v) is 4.96. The number of hydrogen-bond donors (Lipinski definition) is 1. The maximum absolute atomic E-state index is 12.1. The molecule has 0 aliphatic rings. The van der Waals surface area contributed by atoms with Crippen LogP contribution in [0.3, 0.4) is 0 Å². The Morgan fingerprint density at radius 2 is 2.00 bits per heavy atom. The van der Waals surface area contributed by atoms with Gasteiger partial charge < -0.3 is 9.47 Å². The summed E-state index contributed by atoms with van der Waals surface area (Å²) in [6, 6.07) is 8.06. The molecule has 1 aromatic carbocycles. The maximum atomic E-state index is 12.1. The van der Waals surface area contributed by atoms with Gasteiger partial charge in [0.1, 0.15) is 5.75 Å². The van der Waals surface area contributed by atoms with Gasteiger partial charge in [0.15, 0.2) is 4.21 Å². The molecule has 6 nitrogen and oxygen atoms in total. The van der Waals surface area contributed by atoms with Gasteiger partial charge >= 0.3 is 0 Å². The van der Waals surface area contributed by atoms with E-state index in [0.717, 1.165) is 11.5 Å². The molecular formula is C12H14N2O4S2. The summed E-state index contributed by atoms with van der Waals surface area (Å²) in [6.45, 7) is 2.44. The van der Waals surface area contributed by atoms with Crippen molar-refractivity contribution in [2.24, 2.45) is 0 Å². The fraction of sp³-hybridized carbons (Fsp3) is 0.250. The second-order valence-electron chi connectivity index (χ2n) is 3.75. The first-order valence-corrected chi connectivity index (χ1v) is 8.07. The van der Waals surface area contributed by atoms with Crippen LogP contribution in [0.25, 0.3) is 0 Å². The lowest BCUT2D eigenvalue weighted by Gasteiger charge is -2.07. The van der Waals surface area contributed by atoms with Crippen LogP contribution in [-0.4, -0.2) is 26.5 Å². The molecule has 0 saturated carbocycles. The molecule has 0 unspecified atom stereocenters. The maximum Gasteiger partial charge on any atom is 0.273 e. The third kappa shape index (κ3) is 3.40. The molecule has 0 saturated heterocycles. The summed E-state index contributed by atoms with van der Waals surface area (Å²) in [6.07, 6.45) is 0. The van der Waals surface area contributed by atoms with Gasteiger partial charge in [-0.15, -0.1) is 0 Å². The first-order chi connectivity index (χ1) is 9.55. The van der Waals surface area contributed by atoms with Crippen molar-refractivity contribution in [3.8, 4) is 11.6 Å². The van der Waals surface area contributed by atoms with Crippen LogP contribution in [0.2, 0.25) is 0 Å². The number of hydrogen-bond acceptors (Lipinski definition) is 6. The molecule has 0 aliphatic carbocycles. The molecule has 1 heterocycles. The Hall–Kier alpha value is -1.80. The van der Waals surface area contributed by atoms with E-state index in [2.05, 4.69) is 9.10 Å². The normalized spacial score (nSPS) is 11.1. The van der Waals surface area contributed by atoms with Gasteiger partial charge in [-0.25, -0.2) is 8.42 Å². The fourth-order valence-electron chi connectivity index (χ4n) is 1.46. The zero-order valence-corrected chi connectivity index (χ0v) is 12.6. The lowest BCUT2D eigenvalue weighted by Crippen LogP contribution is -2.11. The van der Waals surface area contributed by atoms with Gasteiger partial charge in [0, 0.05) is 11.8 Å². The second kappa shape index (κ2) is 6.10. The van der Waals surface area contributed by atoms with Crippen LogP contribution < -0.4 is 14.2 Å². The summed E-state index contributed by atoms with van der Waals surface area (Å²) >= 11 is 0.861. The van der Waals surface area contributed by atoms with Crippen molar-refractivity contribution in [1.82, 2.24) is 4.37 Å². The van der Waals surface area contributed by atoms with Crippen molar-refractivity contribution in [2.45, 2.75) is 11.1 Å². The van der Waals surface area contributed by atoms with Crippen LogP contribution in [0, 0.1) is 0 Å². The molecule has 0 atom stereocenters. The topological polar surface area (TPSA) is 77.5 Å². The molecule has 8 heteroatoms. The van der Waals surface area contributed by atoms with Gasteiger partial charge in [-0.3, -0.25) is 4.72 Å². The molecule has 0 aliphatic heterocycles. The largest absolute Gasteiger partial charge is 0.494 e. The van der Waals surface area contributed by atoms with Gasteiger partial charge in [0.2, 0.25) is 5.88 Å². The number of nitrogens with one attached hydrogen (secondary N) is 1. The Morgan fingerprint density at radius 1 is 1.30 bits per heavy atom. The summed E-state index contributed by atoms with van der Waals surface area (Å²) in [7, 11) is -2.21. The third-order valence-electron chi connectivity index (χ3n) is 2.36. The minimum atomic E-state index is -3.64. The highest BCUT2D eigenvalue weighted by atomic mass is 32.2. The SMILES string of the molecule is CCOc1ccc(NS(=O)(=O)c2cc(OC)ns2)cc1. The Balaban J connectivity index is 2.15. The zero-order chi connectivity index (χ0) is 14.6. The highest BCUT2D eigenvalue weighted by Crippen LogP contribution is 2.24. The minimum Gasteiger partial charge on any atom is -0.494 e. The Labute approximate surface area is 121 Å². The molecule has 0 amide bonds. The van der Waals surface area contributed by atoms with Crippen molar-refractivity contribution >= 4 is 27.2 Å². The van der Waals surface area contributed by atoms with E-state index in [4.69, 9.17) is 9.47 Å². The quantitative estimate of drug-likeness (QED) is 0.885. The van der Waals surface area contributed by atoms with E-state index in [9.17, 15) is 8.42 Å². The van der Waals surface area contributed by atoms with Gasteiger partial charge in [-0.1, -0.05) is 0 Å². The monoisotopic (exact) mass is 314 g/mol. The van der Waals surface area contributed by atoms with Gasteiger partial charge in [0.05, 0.1) is 13.7 Å². The number of nitrogens with zero attached hydrogens (tertiary/aromatic N) is 1. The molecule has 0 radical (unpaired) electrons. The molecule has 2 aromatic rings. The van der Waals surface area contributed by atoms with E-state index >= 15 is 0 Å².